The second-order valence-electron chi connectivity index (χ2n) is 4.92. The van der Waals surface area contributed by atoms with Gasteiger partial charge in [-0.2, -0.15) is 15.4 Å². The highest BCUT2D eigenvalue weighted by Crippen LogP contribution is 2.17. The Hall–Kier alpha value is -0.900. The third-order valence-electron chi connectivity index (χ3n) is 3.34. The Balaban J connectivity index is 2.11. The van der Waals surface area contributed by atoms with Gasteiger partial charge in [-0.25, -0.2) is 0 Å². The van der Waals surface area contributed by atoms with E-state index in [4.69, 9.17) is 0 Å². The van der Waals surface area contributed by atoms with Gasteiger partial charge in [0.25, 0.3) is 0 Å². The summed E-state index contributed by atoms with van der Waals surface area (Å²) < 4.78 is 0. The molecule has 0 aliphatic rings. The van der Waals surface area contributed by atoms with Crippen LogP contribution in [0.2, 0.25) is 0 Å². The van der Waals surface area contributed by atoms with Crippen LogP contribution in [-0.4, -0.2) is 22.0 Å². The first-order valence-corrected chi connectivity index (χ1v) is 7.47. The Bertz CT molecular complexity index is 271. The standard InChI is InChI=1S/C14H28N4/c1-3-5-6-7-8-9-10-11-13(15-4-2)14-12-16-18-17-14/h12-13,15H,3-11H2,1-2H3,(H,16,17,18). The molecule has 4 heteroatoms. The maximum absolute atomic E-state index is 4.18. The molecule has 0 fully saturated rings. The molecular weight excluding hydrogens is 224 g/mol. The van der Waals surface area contributed by atoms with Crippen LogP contribution in [0, 0.1) is 0 Å². The van der Waals surface area contributed by atoms with Crippen LogP contribution in [0.25, 0.3) is 0 Å². The number of unbranched alkanes of at least 4 members (excludes halogenated alkanes) is 6. The molecule has 1 unspecified atom stereocenters. The van der Waals surface area contributed by atoms with Crippen LogP contribution >= 0.6 is 0 Å². The molecule has 0 saturated heterocycles. The van der Waals surface area contributed by atoms with E-state index in [9.17, 15) is 0 Å². The Morgan fingerprint density at radius 2 is 1.83 bits per heavy atom. The van der Waals surface area contributed by atoms with E-state index in [1.54, 1.807) is 0 Å². The first-order valence-electron chi connectivity index (χ1n) is 7.47. The molecule has 0 bridgehead atoms. The van der Waals surface area contributed by atoms with Gasteiger partial charge in [0.05, 0.1) is 17.9 Å². The minimum absolute atomic E-state index is 0.365. The number of nitrogens with zero attached hydrogens (tertiary/aromatic N) is 2. The smallest absolute Gasteiger partial charge is 0.0993 e. The molecule has 0 aliphatic carbocycles. The third kappa shape index (κ3) is 6.15. The lowest BCUT2D eigenvalue weighted by atomic mass is 10.0. The summed E-state index contributed by atoms with van der Waals surface area (Å²) in [7, 11) is 0. The maximum atomic E-state index is 4.18. The van der Waals surface area contributed by atoms with Crippen LogP contribution in [0.5, 0.6) is 0 Å². The van der Waals surface area contributed by atoms with Crippen molar-refractivity contribution in [3.8, 4) is 0 Å². The molecule has 18 heavy (non-hydrogen) atoms. The molecule has 0 spiro atoms. The van der Waals surface area contributed by atoms with Crippen LogP contribution < -0.4 is 5.32 Å². The summed E-state index contributed by atoms with van der Waals surface area (Å²) in [5.74, 6) is 0. The molecule has 0 saturated carbocycles. The average molecular weight is 252 g/mol. The van der Waals surface area contributed by atoms with Crippen LogP contribution in [0.1, 0.15) is 76.9 Å². The summed E-state index contributed by atoms with van der Waals surface area (Å²) in [4.78, 5) is 0. The summed E-state index contributed by atoms with van der Waals surface area (Å²) in [5.41, 5.74) is 1.04. The lowest BCUT2D eigenvalue weighted by Crippen LogP contribution is -2.21. The Labute approximate surface area is 111 Å². The topological polar surface area (TPSA) is 53.6 Å². The van der Waals surface area contributed by atoms with E-state index in [0.29, 0.717) is 6.04 Å². The van der Waals surface area contributed by atoms with Crippen molar-refractivity contribution >= 4 is 0 Å². The average Bonchev–Trinajstić information content (AvgIpc) is 2.90. The fourth-order valence-corrected chi connectivity index (χ4v) is 2.28. The van der Waals surface area contributed by atoms with E-state index in [-0.39, 0.29) is 0 Å². The van der Waals surface area contributed by atoms with Gasteiger partial charge in [0.1, 0.15) is 0 Å². The van der Waals surface area contributed by atoms with Crippen molar-refractivity contribution in [2.75, 3.05) is 6.54 Å². The van der Waals surface area contributed by atoms with Crippen molar-refractivity contribution in [2.45, 2.75) is 71.3 Å². The fourth-order valence-electron chi connectivity index (χ4n) is 2.28. The minimum Gasteiger partial charge on any atom is -0.309 e. The van der Waals surface area contributed by atoms with Crippen molar-refractivity contribution in [1.82, 2.24) is 20.7 Å². The second-order valence-corrected chi connectivity index (χ2v) is 4.92. The van der Waals surface area contributed by atoms with Crippen molar-refractivity contribution < 1.29 is 0 Å². The van der Waals surface area contributed by atoms with Gasteiger partial charge in [0, 0.05) is 0 Å². The van der Waals surface area contributed by atoms with Crippen molar-refractivity contribution in [2.24, 2.45) is 0 Å². The lowest BCUT2D eigenvalue weighted by Gasteiger charge is -2.14. The van der Waals surface area contributed by atoms with E-state index in [1.165, 1.54) is 44.9 Å². The maximum Gasteiger partial charge on any atom is 0.0993 e. The van der Waals surface area contributed by atoms with E-state index >= 15 is 0 Å². The van der Waals surface area contributed by atoms with Crippen molar-refractivity contribution in [1.29, 1.82) is 0 Å². The zero-order chi connectivity index (χ0) is 13.1. The van der Waals surface area contributed by atoms with E-state index in [1.807, 2.05) is 6.20 Å². The third-order valence-corrected chi connectivity index (χ3v) is 3.34. The molecule has 1 atom stereocenters. The van der Waals surface area contributed by atoms with E-state index < -0.39 is 0 Å². The molecule has 0 radical (unpaired) electrons. The van der Waals surface area contributed by atoms with Crippen LogP contribution in [0.4, 0.5) is 0 Å². The van der Waals surface area contributed by atoms with Crippen LogP contribution in [0.15, 0.2) is 6.20 Å². The van der Waals surface area contributed by atoms with Gasteiger partial charge >= 0.3 is 0 Å². The van der Waals surface area contributed by atoms with Gasteiger partial charge in [-0.15, -0.1) is 0 Å². The molecule has 1 rings (SSSR count). The highest BCUT2D eigenvalue weighted by Gasteiger charge is 2.12. The molecule has 104 valence electrons. The summed E-state index contributed by atoms with van der Waals surface area (Å²) in [5, 5.41) is 14.2. The lowest BCUT2D eigenvalue weighted by molar-refractivity contribution is 0.467. The van der Waals surface area contributed by atoms with Crippen molar-refractivity contribution in [3.05, 3.63) is 11.9 Å². The zero-order valence-corrected chi connectivity index (χ0v) is 11.9. The summed E-state index contributed by atoms with van der Waals surface area (Å²) in [6.45, 7) is 5.38. The zero-order valence-electron chi connectivity index (χ0n) is 11.9. The largest absolute Gasteiger partial charge is 0.309 e. The highest BCUT2D eigenvalue weighted by atomic mass is 15.3. The molecule has 0 aliphatic heterocycles. The number of aromatic amines is 1. The first kappa shape index (κ1) is 15.2. The number of aromatic nitrogens is 3. The molecular formula is C14H28N4. The van der Waals surface area contributed by atoms with E-state index in [0.717, 1.165) is 18.7 Å². The van der Waals surface area contributed by atoms with Crippen LogP contribution in [-0.2, 0) is 0 Å². The normalized spacial score (nSPS) is 12.8. The minimum atomic E-state index is 0.365. The first-order chi connectivity index (χ1) is 8.88. The number of hydrogen-bond acceptors (Lipinski definition) is 3. The Kier molecular flexibility index (Phi) is 8.47. The SMILES string of the molecule is CCCCCCCCCC(NCC)c1cn[nH]n1. The number of nitrogens with one attached hydrogen (secondary N) is 2. The summed E-state index contributed by atoms with van der Waals surface area (Å²) in [6, 6.07) is 0.365. The van der Waals surface area contributed by atoms with Gasteiger partial charge in [0.15, 0.2) is 0 Å². The highest BCUT2D eigenvalue weighted by molar-refractivity contribution is 4.99. The molecule has 4 nitrogen and oxygen atoms in total. The van der Waals surface area contributed by atoms with Gasteiger partial charge in [-0.1, -0.05) is 58.8 Å². The van der Waals surface area contributed by atoms with Gasteiger partial charge in [-0.3, -0.25) is 0 Å². The Morgan fingerprint density at radius 3 is 2.44 bits per heavy atom. The monoisotopic (exact) mass is 252 g/mol. The predicted octanol–water partition coefficient (Wildman–Crippen LogP) is 3.60. The predicted molar refractivity (Wildman–Crippen MR) is 75.4 cm³/mol. The van der Waals surface area contributed by atoms with Gasteiger partial charge in [-0.05, 0) is 13.0 Å². The molecule has 2 N–H and O–H groups in total. The number of rotatable bonds is 11. The summed E-state index contributed by atoms with van der Waals surface area (Å²) in [6.07, 6.45) is 12.5. The molecule has 1 heterocycles. The molecule has 0 amide bonds. The Morgan fingerprint density at radius 1 is 1.11 bits per heavy atom. The van der Waals surface area contributed by atoms with Crippen molar-refractivity contribution in [3.63, 3.8) is 0 Å². The fraction of sp³-hybridized carbons (Fsp3) is 0.857. The van der Waals surface area contributed by atoms with Gasteiger partial charge < -0.3 is 5.32 Å². The summed E-state index contributed by atoms with van der Waals surface area (Å²) >= 11 is 0. The molecule has 1 aromatic heterocycles. The van der Waals surface area contributed by atoms with Gasteiger partial charge in [0.2, 0.25) is 0 Å². The molecule has 0 aromatic carbocycles. The van der Waals surface area contributed by atoms with Crippen LogP contribution in [0.3, 0.4) is 0 Å². The second kappa shape index (κ2) is 10.1. The molecule has 1 aromatic rings. The number of hydrogen-bond donors (Lipinski definition) is 2. The number of H-pyrrole nitrogens is 1. The quantitative estimate of drug-likeness (QED) is 0.592. The van der Waals surface area contributed by atoms with E-state index in [2.05, 4.69) is 34.6 Å².